The fraction of sp³-hybridized carbons (Fsp3) is 0.529. The lowest BCUT2D eigenvalue weighted by Crippen LogP contribution is -2.41. The highest BCUT2D eigenvalue weighted by molar-refractivity contribution is 6.54. The third-order valence-electron chi connectivity index (χ3n) is 4.92. The summed E-state index contributed by atoms with van der Waals surface area (Å²) < 4.78 is 12.3. The summed E-state index contributed by atoms with van der Waals surface area (Å²) in [5.41, 5.74) is 2.05. The van der Waals surface area contributed by atoms with Gasteiger partial charge in [-0.2, -0.15) is 0 Å². The molecule has 1 aromatic rings. The zero-order valence-corrected chi connectivity index (χ0v) is 13.4. The molecule has 0 aromatic heterocycles. The van der Waals surface area contributed by atoms with Crippen molar-refractivity contribution in [3.05, 3.63) is 41.9 Å². The Hall–Kier alpha value is -1.26. The van der Waals surface area contributed by atoms with Crippen LogP contribution in [-0.4, -0.2) is 31.4 Å². The summed E-state index contributed by atoms with van der Waals surface area (Å²) in [5.74, 6) is 0. The van der Waals surface area contributed by atoms with Crippen LogP contribution in [0.5, 0.6) is 0 Å². The minimum atomic E-state index is -0.255. The lowest BCUT2D eigenvalue weighted by atomic mass is 9.74. The fourth-order valence-electron chi connectivity index (χ4n) is 2.77. The highest BCUT2D eigenvalue weighted by atomic mass is 16.7. The van der Waals surface area contributed by atoms with E-state index in [2.05, 4.69) is 69.0 Å². The van der Waals surface area contributed by atoms with Crippen LogP contribution < -0.4 is 4.90 Å². The summed E-state index contributed by atoms with van der Waals surface area (Å²) in [5, 5.41) is 0. The number of nitrogens with zero attached hydrogens (tertiary/aromatic N) is 1. The molecule has 1 aromatic carbocycles. The molecule has 4 heteroatoms. The molecule has 0 aliphatic carbocycles. The van der Waals surface area contributed by atoms with Crippen molar-refractivity contribution in [1.29, 1.82) is 0 Å². The van der Waals surface area contributed by atoms with Crippen molar-refractivity contribution in [1.82, 2.24) is 0 Å². The van der Waals surface area contributed by atoms with Gasteiger partial charge in [0.2, 0.25) is 0 Å². The van der Waals surface area contributed by atoms with Crippen LogP contribution in [0.4, 0.5) is 5.69 Å². The van der Waals surface area contributed by atoms with Crippen LogP contribution in [0.1, 0.15) is 34.1 Å². The zero-order valence-electron chi connectivity index (χ0n) is 13.4. The minimum Gasteiger partial charge on any atom is -0.400 e. The van der Waals surface area contributed by atoms with Gasteiger partial charge < -0.3 is 14.2 Å². The Kier molecular flexibility index (Phi) is 3.62. The summed E-state index contributed by atoms with van der Waals surface area (Å²) in [7, 11) is -0.187. The number of para-hydroxylation sites is 1. The highest BCUT2D eigenvalue weighted by Gasteiger charge is 2.52. The van der Waals surface area contributed by atoms with Crippen LogP contribution in [0.2, 0.25) is 0 Å². The van der Waals surface area contributed by atoms with E-state index in [1.54, 1.807) is 0 Å². The first-order valence-corrected chi connectivity index (χ1v) is 7.74. The van der Waals surface area contributed by atoms with E-state index >= 15 is 0 Å². The fourth-order valence-corrected chi connectivity index (χ4v) is 2.77. The van der Waals surface area contributed by atoms with Crippen molar-refractivity contribution in [2.24, 2.45) is 0 Å². The second-order valence-electron chi connectivity index (χ2n) is 6.90. The lowest BCUT2D eigenvalue weighted by Gasteiger charge is -2.32. The van der Waals surface area contributed by atoms with Gasteiger partial charge >= 0.3 is 7.12 Å². The first kappa shape index (κ1) is 14.7. The van der Waals surface area contributed by atoms with Crippen LogP contribution in [0.15, 0.2) is 41.9 Å². The average molecular weight is 285 g/mol. The molecule has 0 N–H and O–H groups in total. The first-order chi connectivity index (χ1) is 9.89. The molecule has 3 nitrogen and oxygen atoms in total. The lowest BCUT2D eigenvalue weighted by molar-refractivity contribution is 0.00578. The van der Waals surface area contributed by atoms with Crippen molar-refractivity contribution in [3.8, 4) is 0 Å². The molecule has 2 aliphatic rings. The molecule has 0 amide bonds. The van der Waals surface area contributed by atoms with Gasteiger partial charge in [-0.3, -0.25) is 0 Å². The zero-order chi connectivity index (χ0) is 15.1. The number of benzene rings is 1. The third kappa shape index (κ3) is 2.75. The Bertz CT molecular complexity index is 523. The molecule has 2 aliphatic heterocycles. The third-order valence-corrected chi connectivity index (χ3v) is 4.92. The van der Waals surface area contributed by atoms with E-state index in [1.807, 2.05) is 0 Å². The van der Waals surface area contributed by atoms with E-state index in [1.165, 1.54) is 11.2 Å². The quantitative estimate of drug-likeness (QED) is 0.777. The molecule has 0 spiro atoms. The molecular weight excluding hydrogens is 261 g/mol. The van der Waals surface area contributed by atoms with Crippen molar-refractivity contribution >= 4 is 12.8 Å². The molecule has 0 bridgehead atoms. The van der Waals surface area contributed by atoms with Gasteiger partial charge in [-0.05, 0) is 51.7 Å². The van der Waals surface area contributed by atoms with Gasteiger partial charge in [0.15, 0.2) is 0 Å². The second kappa shape index (κ2) is 5.18. The van der Waals surface area contributed by atoms with Crippen LogP contribution in [0.25, 0.3) is 0 Å². The molecule has 0 atom stereocenters. The number of hydrogen-bond donors (Lipinski definition) is 0. The Morgan fingerprint density at radius 3 is 2.14 bits per heavy atom. The molecular formula is C17H24BNO2. The molecule has 112 valence electrons. The molecule has 0 unspecified atom stereocenters. The maximum absolute atomic E-state index is 6.14. The SMILES string of the molecule is CC1(C)OB(C2=CCN(c3ccccc3)CC2)OC1(C)C. The summed E-state index contributed by atoms with van der Waals surface area (Å²) >= 11 is 0. The molecule has 1 saturated heterocycles. The van der Waals surface area contributed by atoms with Gasteiger partial charge in [0.05, 0.1) is 11.2 Å². The van der Waals surface area contributed by atoms with Gasteiger partial charge in [0.1, 0.15) is 0 Å². The maximum Gasteiger partial charge on any atom is 0.490 e. The molecule has 1 fully saturated rings. The van der Waals surface area contributed by atoms with Crippen LogP contribution in [0.3, 0.4) is 0 Å². The van der Waals surface area contributed by atoms with Crippen LogP contribution >= 0.6 is 0 Å². The second-order valence-corrected chi connectivity index (χ2v) is 6.90. The van der Waals surface area contributed by atoms with Crippen molar-refractivity contribution in [3.63, 3.8) is 0 Å². The van der Waals surface area contributed by atoms with Crippen LogP contribution in [-0.2, 0) is 9.31 Å². The van der Waals surface area contributed by atoms with E-state index in [4.69, 9.17) is 9.31 Å². The maximum atomic E-state index is 6.14. The van der Waals surface area contributed by atoms with Gasteiger partial charge in [0.25, 0.3) is 0 Å². The molecule has 0 radical (unpaired) electrons. The van der Waals surface area contributed by atoms with E-state index in [0.29, 0.717) is 0 Å². The van der Waals surface area contributed by atoms with Gasteiger partial charge in [-0.15, -0.1) is 0 Å². The predicted molar refractivity (Wildman–Crippen MR) is 87.4 cm³/mol. The van der Waals surface area contributed by atoms with E-state index in [0.717, 1.165) is 19.5 Å². The number of rotatable bonds is 2. The van der Waals surface area contributed by atoms with Crippen molar-refractivity contribution < 1.29 is 9.31 Å². The topological polar surface area (TPSA) is 21.7 Å². The van der Waals surface area contributed by atoms with Gasteiger partial charge in [0, 0.05) is 18.8 Å². The standard InChI is InChI=1S/C17H24BNO2/c1-16(2)17(3,4)21-18(20-16)14-10-12-19(13-11-14)15-8-6-5-7-9-15/h5-10H,11-13H2,1-4H3. The molecule has 0 saturated carbocycles. The Labute approximate surface area is 128 Å². The van der Waals surface area contributed by atoms with Crippen molar-refractivity contribution in [2.75, 3.05) is 18.0 Å². The van der Waals surface area contributed by atoms with E-state index in [-0.39, 0.29) is 18.3 Å². The smallest absolute Gasteiger partial charge is 0.400 e. The molecule has 3 rings (SSSR count). The van der Waals surface area contributed by atoms with Gasteiger partial charge in [-0.1, -0.05) is 24.3 Å². The summed E-state index contributed by atoms with van der Waals surface area (Å²) in [4.78, 5) is 2.38. The predicted octanol–water partition coefficient (Wildman–Crippen LogP) is 3.45. The number of hydrogen-bond acceptors (Lipinski definition) is 3. The summed E-state index contributed by atoms with van der Waals surface area (Å²) in [6.07, 6.45) is 3.25. The monoisotopic (exact) mass is 285 g/mol. The Balaban J connectivity index is 1.69. The van der Waals surface area contributed by atoms with Crippen molar-refractivity contribution in [2.45, 2.75) is 45.3 Å². The Morgan fingerprint density at radius 1 is 1.00 bits per heavy atom. The van der Waals surface area contributed by atoms with E-state index in [9.17, 15) is 0 Å². The Morgan fingerprint density at radius 2 is 1.62 bits per heavy atom. The number of anilines is 1. The highest BCUT2D eigenvalue weighted by Crippen LogP contribution is 2.39. The van der Waals surface area contributed by atoms with Crippen LogP contribution in [0, 0.1) is 0 Å². The summed E-state index contributed by atoms with van der Waals surface area (Å²) in [6.45, 7) is 10.3. The first-order valence-electron chi connectivity index (χ1n) is 7.74. The van der Waals surface area contributed by atoms with Gasteiger partial charge in [-0.25, -0.2) is 0 Å². The minimum absolute atomic E-state index is 0.187. The largest absolute Gasteiger partial charge is 0.490 e. The normalized spacial score (nSPS) is 24.1. The van der Waals surface area contributed by atoms with E-state index < -0.39 is 0 Å². The molecule has 21 heavy (non-hydrogen) atoms. The molecule has 2 heterocycles. The average Bonchev–Trinajstić information content (AvgIpc) is 2.69. The summed E-state index contributed by atoms with van der Waals surface area (Å²) in [6, 6.07) is 10.5.